The Morgan fingerprint density at radius 2 is 1.70 bits per heavy atom. The number of ether oxygens (including phenoxy) is 3. The minimum atomic E-state index is -4.14. The zero-order valence-corrected chi connectivity index (χ0v) is 24.1. The number of carbonyl (C=O) groups is 1. The van der Waals surface area contributed by atoms with Crippen molar-refractivity contribution in [2.24, 2.45) is 5.41 Å². The van der Waals surface area contributed by atoms with Crippen LogP contribution in [0.4, 0.5) is 0 Å². The summed E-state index contributed by atoms with van der Waals surface area (Å²) in [6.07, 6.45) is -0.609. The van der Waals surface area contributed by atoms with Crippen LogP contribution < -0.4 is 9.47 Å². The fourth-order valence-corrected chi connectivity index (χ4v) is 5.00. The van der Waals surface area contributed by atoms with Crippen LogP contribution in [0.2, 0.25) is 0 Å². The Kier molecular flexibility index (Phi) is 9.87. The maximum atomic E-state index is 12.2. The first-order chi connectivity index (χ1) is 15.2. The van der Waals surface area contributed by atoms with Crippen molar-refractivity contribution in [1.82, 2.24) is 0 Å². The van der Waals surface area contributed by atoms with Crippen molar-refractivity contribution in [2.45, 2.75) is 40.5 Å². The van der Waals surface area contributed by atoms with Gasteiger partial charge in [-0.15, -0.1) is 0 Å². The first-order valence-electron chi connectivity index (χ1n) is 9.96. The molecule has 33 heavy (non-hydrogen) atoms. The van der Waals surface area contributed by atoms with E-state index >= 15 is 0 Å². The molecule has 0 heterocycles. The smallest absolute Gasteiger partial charge is 0.368 e. The number of aromatic hydroxyl groups is 1. The standard InChI is InChI=1S/C22H27I2O8P/c1-13(2)16-8-14(6-7-19(16)25)32-20-17(23)9-15(10-18(20)24)30-12-33(27,28)31-11-29-21(26)22(3,4)5/h6-10,13,25H,11-12H2,1-5H3,(H,27,28). The van der Waals surface area contributed by atoms with E-state index < -0.39 is 32.1 Å². The van der Waals surface area contributed by atoms with Gasteiger partial charge in [0.15, 0.2) is 12.1 Å². The lowest BCUT2D eigenvalue weighted by atomic mass is 9.98. The molecule has 0 saturated heterocycles. The highest BCUT2D eigenvalue weighted by atomic mass is 127. The van der Waals surface area contributed by atoms with Crippen molar-refractivity contribution in [1.29, 1.82) is 0 Å². The minimum absolute atomic E-state index is 0.135. The Balaban J connectivity index is 2.03. The van der Waals surface area contributed by atoms with Gasteiger partial charge in [0.2, 0.25) is 6.79 Å². The largest absolute Gasteiger partial charge is 0.508 e. The number of carbonyl (C=O) groups excluding carboxylic acids is 1. The van der Waals surface area contributed by atoms with Crippen molar-refractivity contribution >= 4 is 58.7 Å². The SMILES string of the molecule is CC(C)c1cc(Oc2c(I)cc(OCP(=O)(O)OCOC(=O)C(C)(C)C)cc2I)ccc1O. The van der Waals surface area contributed by atoms with Gasteiger partial charge >= 0.3 is 13.6 Å². The molecule has 0 amide bonds. The number of halogens is 2. The molecule has 2 aromatic rings. The van der Waals surface area contributed by atoms with Gasteiger partial charge in [0.25, 0.3) is 0 Å². The molecule has 0 saturated carbocycles. The first kappa shape index (κ1) is 28.2. The molecule has 2 aromatic carbocycles. The number of esters is 1. The second-order valence-electron chi connectivity index (χ2n) is 8.53. The van der Waals surface area contributed by atoms with Crippen LogP contribution in [0.15, 0.2) is 30.3 Å². The molecule has 1 unspecified atom stereocenters. The van der Waals surface area contributed by atoms with Crippen molar-refractivity contribution < 1.29 is 38.1 Å². The fraction of sp³-hybridized carbons (Fsp3) is 0.409. The summed E-state index contributed by atoms with van der Waals surface area (Å²) in [5.74, 6) is 1.34. The summed E-state index contributed by atoms with van der Waals surface area (Å²) in [5.41, 5.74) is 0.0387. The highest BCUT2D eigenvalue weighted by Crippen LogP contribution is 2.43. The quantitative estimate of drug-likeness (QED) is 0.130. The number of rotatable bonds is 9. The molecule has 0 aromatic heterocycles. The molecular formula is C22H27I2O8P. The van der Waals surface area contributed by atoms with Gasteiger partial charge in [-0.05, 0) is 102 Å². The summed E-state index contributed by atoms with van der Waals surface area (Å²) < 4.78 is 34.8. The zero-order chi connectivity index (χ0) is 25.0. The van der Waals surface area contributed by atoms with Crippen LogP contribution in [-0.2, 0) is 18.6 Å². The van der Waals surface area contributed by atoms with Gasteiger partial charge in [-0.3, -0.25) is 13.9 Å². The average Bonchev–Trinajstić information content (AvgIpc) is 2.69. The third-order valence-corrected chi connectivity index (χ3v) is 6.83. The van der Waals surface area contributed by atoms with E-state index in [0.29, 0.717) is 17.2 Å². The molecule has 0 aliphatic heterocycles. The van der Waals surface area contributed by atoms with E-state index in [1.165, 1.54) is 0 Å². The average molecular weight is 704 g/mol. The second-order valence-corrected chi connectivity index (χ2v) is 12.6. The third-order valence-electron chi connectivity index (χ3n) is 4.26. The molecular weight excluding hydrogens is 677 g/mol. The fourth-order valence-electron chi connectivity index (χ4n) is 2.47. The number of hydrogen-bond donors (Lipinski definition) is 2. The third kappa shape index (κ3) is 8.57. The van der Waals surface area contributed by atoms with Gasteiger partial charge in [0.1, 0.15) is 17.2 Å². The van der Waals surface area contributed by atoms with Gasteiger partial charge < -0.3 is 24.2 Å². The highest BCUT2D eigenvalue weighted by molar-refractivity contribution is 14.1. The lowest BCUT2D eigenvalue weighted by molar-refractivity contribution is -0.159. The molecule has 0 spiro atoms. The molecule has 0 aliphatic rings. The predicted molar refractivity (Wildman–Crippen MR) is 141 cm³/mol. The lowest BCUT2D eigenvalue weighted by Gasteiger charge is -2.18. The van der Waals surface area contributed by atoms with Crippen molar-refractivity contribution in [2.75, 3.05) is 13.1 Å². The molecule has 11 heteroatoms. The molecule has 0 aliphatic carbocycles. The zero-order valence-electron chi connectivity index (χ0n) is 18.9. The molecule has 0 bridgehead atoms. The molecule has 2 N–H and O–H groups in total. The van der Waals surface area contributed by atoms with Crippen LogP contribution in [0, 0.1) is 12.6 Å². The normalized spacial score (nSPS) is 13.5. The Morgan fingerprint density at radius 1 is 1.09 bits per heavy atom. The van der Waals surface area contributed by atoms with Crippen LogP contribution in [0.5, 0.6) is 23.0 Å². The first-order valence-corrected chi connectivity index (χ1v) is 13.9. The van der Waals surface area contributed by atoms with E-state index in [1.54, 1.807) is 51.1 Å². The Bertz CT molecular complexity index is 1030. The maximum Gasteiger partial charge on any atom is 0.368 e. The molecule has 8 nitrogen and oxygen atoms in total. The summed E-state index contributed by atoms with van der Waals surface area (Å²) in [4.78, 5) is 21.6. The van der Waals surface area contributed by atoms with Crippen LogP contribution in [0.25, 0.3) is 0 Å². The maximum absolute atomic E-state index is 12.2. The van der Waals surface area contributed by atoms with E-state index in [1.807, 2.05) is 13.8 Å². The van der Waals surface area contributed by atoms with E-state index in [0.717, 1.165) is 12.7 Å². The monoisotopic (exact) mass is 704 g/mol. The number of phenols is 1. The summed E-state index contributed by atoms with van der Waals surface area (Å²) in [6, 6.07) is 8.41. The molecule has 2 rings (SSSR count). The molecule has 182 valence electrons. The lowest BCUT2D eigenvalue weighted by Crippen LogP contribution is -2.23. The van der Waals surface area contributed by atoms with Crippen LogP contribution in [-0.4, -0.2) is 29.1 Å². The van der Waals surface area contributed by atoms with Crippen molar-refractivity contribution in [3.8, 4) is 23.0 Å². The molecule has 1 atom stereocenters. The summed E-state index contributed by atoms with van der Waals surface area (Å²) in [5, 5.41) is 10.0. The Morgan fingerprint density at radius 3 is 2.24 bits per heavy atom. The van der Waals surface area contributed by atoms with Crippen LogP contribution in [0.3, 0.4) is 0 Å². The van der Waals surface area contributed by atoms with Gasteiger partial charge in [-0.1, -0.05) is 13.8 Å². The number of hydrogen-bond acceptors (Lipinski definition) is 7. The highest BCUT2D eigenvalue weighted by Gasteiger charge is 2.26. The van der Waals surface area contributed by atoms with E-state index in [9.17, 15) is 19.4 Å². The van der Waals surface area contributed by atoms with Gasteiger partial charge in [0.05, 0.1) is 12.6 Å². The van der Waals surface area contributed by atoms with Crippen molar-refractivity contribution in [3.63, 3.8) is 0 Å². The van der Waals surface area contributed by atoms with E-state index in [-0.39, 0.29) is 11.7 Å². The van der Waals surface area contributed by atoms with Gasteiger partial charge in [-0.25, -0.2) is 0 Å². The minimum Gasteiger partial charge on any atom is -0.508 e. The van der Waals surface area contributed by atoms with E-state index in [2.05, 4.69) is 45.2 Å². The van der Waals surface area contributed by atoms with Crippen molar-refractivity contribution in [3.05, 3.63) is 43.0 Å². The second kappa shape index (κ2) is 11.6. The summed E-state index contributed by atoms with van der Waals surface area (Å²) in [6.45, 7) is 8.32. The van der Waals surface area contributed by atoms with Crippen LogP contribution in [0.1, 0.15) is 46.1 Å². The van der Waals surface area contributed by atoms with Crippen LogP contribution >= 0.6 is 52.8 Å². The number of benzene rings is 2. The Hall–Kier alpha value is -1.08. The van der Waals surface area contributed by atoms with Gasteiger partial charge in [-0.2, -0.15) is 0 Å². The van der Waals surface area contributed by atoms with Gasteiger partial charge in [0, 0.05) is 5.56 Å². The summed E-state index contributed by atoms with van der Waals surface area (Å²) in [7, 11) is -4.14. The molecule has 0 fully saturated rings. The topological polar surface area (TPSA) is 112 Å². The van der Waals surface area contributed by atoms with E-state index in [4.69, 9.17) is 18.7 Å². The molecule has 0 radical (unpaired) electrons. The Labute approximate surface area is 220 Å². The summed E-state index contributed by atoms with van der Waals surface area (Å²) >= 11 is 4.17. The number of phenolic OH excluding ortho intramolecular Hbond substituents is 1. The predicted octanol–water partition coefficient (Wildman–Crippen LogP) is 6.60.